The number of rotatable bonds is 6. The lowest BCUT2D eigenvalue weighted by atomic mass is 10.0. The highest BCUT2D eigenvalue weighted by atomic mass is 79.9. The van der Waals surface area contributed by atoms with E-state index in [0.717, 1.165) is 46.9 Å². The highest BCUT2D eigenvalue weighted by Gasteiger charge is 2.36. The molecule has 2 aromatic carbocycles. The number of hydrogen-bond donors (Lipinski definition) is 2. The zero-order valence-electron chi connectivity index (χ0n) is 18.5. The van der Waals surface area contributed by atoms with Crippen molar-refractivity contribution in [1.82, 2.24) is 20.4 Å². The van der Waals surface area contributed by atoms with Crippen molar-refractivity contribution in [2.24, 2.45) is 0 Å². The molecule has 1 aliphatic carbocycles. The Morgan fingerprint density at radius 2 is 1.94 bits per heavy atom. The number of nitrogens with one attached hydrogen (secondary N) is 2. The first kappa shape index (κ1) is 22.4. The van der Waals surface area contributed by atoms with E-state index in [-0.39, 0.29) is 17.9 Å². The first-order chi connectivity index (χ1) is 15.8. The van der Waals surface area contributed by atoms with Gasteiger partial charge in [0.15, 0.2) is 0 Å². The summed E-state index contributed by atoms with van der Waals surface area (Å²) in [5.74, 6) is 0.0476. The van der Waals surface area contributed by atoms with Crippen LogP contribution < -0.4 is 14.9 Å². The molecule has 2 aliphatic rings. The molecule has 0 bridgehead atoms. The number of nitrogens with zero attached hydrogens (tertiary/aromatic N) is 3. The monoisotopic (exact) mass is 531 g/mol. The molecular weight excluding hydrogens is 506 g/mol. The van der Waals surface area contributed by atoms with Gasteiger partial charge < -0.3 is 10.6 Å². The summed E-state index contributed by atoms with van der Waals surface area (Å²) in [6.45, 7) is 1.41. The Morgan fingerprint density at radius 1 is 1.21 bits per heavy atom. The Hall–Kier alpha value is -2.43. The third-order valence-corrected chi connectivity index (χ3v) is 8.05. The third kappa shape index (κ3) is 4.15. The van der Waals surface area contributed by atoms with Crippen LogP contribution in [0.1, 0.15) is 41.2 Å². The molecule has 1 amide bonds. The number of aromatic nitrogens is 2. The Labute approximate surface area is 201 Å². The topological polar surface area (TPSA) is 96.3 Å². The lowest BCUT2D eigenvalue weighted by Gasteiger charge is -2.30. The fourth-order valence-electron chi connectivity index (χ4n) is 4.64. The third-order valence-electron chi connectivity index (χ3n) is 6.31. The molecule has 1 saturated carbocycles. The molecule has 1 saturated heterocycles. The summed E-state index contributed by atoms with van der Waals surface area (Å²) in [5.41, 5.74) is 3.44. The molecule has 3 aromatic rings. The second kappa shape index (κ2) is 8.41. The van der Waals surface area contributed by atoms with Crippen LogP contribution in [0.5, 0.6) is 0 Å². The average Bonchev–Trinajstić information content (AvgIpc) is 3.35. The summed E-state index contributed by atoms with van der Waals surface area (Å²) in [7, 11) is -1.91. The van der Waals surface area contributed by atoms with E-state index in [1.165, 1.54) is 6.26 Å². The number of sulfonamides is 1. The minimum absolute atomic E-state index is 0.137. The van der Waals surface area contributed by atoms with Gasteiger partial charge in [-0.05, 0) is 73.7 Å². The molecule has 1 aliphatic heterocycles. The van der Waals surface area contributed by atoms with Gasteiger partial charge in [-0.1, -0.05) is 15.9 Å². The smallest absolute Gasteiger partial charge is 0.270 e. The number of benzene rings is 2. The summed E-state index contributed by atoms with van der Waals surface area (Å²) in [5, 5.41) is 11.5. The van der Waals surface area contributed by atoms with Gasteiger partial charge in [0.1, 0.15) is 5.69 Å². The van der Waals surface area contributed by atoms with E-state index in [1.54, 1.807) is 16.0 Å². The van der Waals surface area contributed by atoms with Gasteiger partial charge in [0.25, 0.3) is 5.91 Å². The van der Waals surface area contributed by atoms with Crippen LogP contribution >= 0.6 is 15.9 Å². The summed E-state index contributed by atoms with van der Waals surface area (Å²) in [4.78, 5) is 12.9. The van der Waals surface area contributed by atoms with Crippen LogP contribution in [-0.2, 0) is 10.0 Å². The summed E-state index contributed by atoms with van der Waals surface area (Å²) < 4.78 is 30.0. The molecule has 33 heavy (non-hydrogen) atoms. The largest absolute Gasteiger partial charge is 0.354 e. The fourth-order valence-corrected chi connectivity index (χ4v) is 6.14. The molecule has 174 valence electrons. The van der Waals surface area contributed by atoms with Crippen molar-refractivity contribution >= 4 is 48.5 Å². The molecule has 1 unspecified atom stereocenters. The van der Waals surface area contributed by atoms with Gasteiger partial charge in [-0.3, -0.25) is 9.10 Å². The SMILES string of the molecule is CNC(=O)c1c2cc(C3CC3)c(N(C3CCNC3)S(C)(=O)=O)cc2nn1-c1ccc(Br)cc1. The summed E-state index contributed by atoms with van der Waals surface area (Å²) >= 11 is 3.45. The van der Waals surface area contributed by atoms with E-state index in [4.69, 9.17) is 5.10 Å². The predicted molar refractivity (Wildman–Crippen MR) is 133 cm³/mol. The van der Waals surface area contributed by atoms with Crippen LogP contribution in [-0.4, -0.2) is 56.5 Å². The number of halogens is 1. The predicted octanol–water partition coefficient (Wildman–Crippen LogP) is 3.15. The number of anilines is 1. The van der Waals surface area contributed by atoms with Crippen molar-refractivity contribution in [2.45, 2.75) is 31.2 Å². The maximum atomic E-state index is 12.9. The van der Waals surface area contributed by atoms with Crippen LogP contribution in [0.15, 0.2) is 40.9 Å². The number of amides is 1. The molecule has 2 fully saturated rings. The fraction of sp³-hybridized carbons (Fsp3) is 0.391. The van der Waals surface area contributed by atoms with Crippen molar-refractivity contribution < 1.29 is 13.2 Å². The van der Waals surface area contributed by atoms with Gasteiger partial charge in [-0.25, -0.2) is 13.1 Å². The molecule has 8 nitrogen and oxygen atoms in total. The number of carbonyl (C=O) groups excluding carboxylic acids is 1. The van der Waals surface area contributed by atoms with Gasteiger partial charge in [-0.15, -0.1) is 0 Å². The molecule has 2 N–H and O–H groups in total. The van der Waals surface area contributed by atoms with Crippen molar-refractivity contribution in [3.05, 3.63) is 52.1 Å². The molecule has 0 spiro atoms. The minimum atomic E-state index is -3.51. The molecule has 2 heterocycles. The maximum Gasteiger partial charge on any atom is 0.270 e. The standard InChI is InChI=1S/C23H26BrN5O3S/c1-25-23(30)22-19-11-18(14-3-4-14)21(29(33(2,31)32)17-9-10-26-13-17)12-20(19)27-28(22)16-7-5-15(24)6-8-16/h5-8,11-12,14,17,26H,3-4,9-10,13H2,1-2H3,(H,25,30). The zero-order valence-corrected chi connectivity index (χ0v) is 20.9. The Balaban J connectivity index is 1.76. The van der Waals surface area contributed by atoms with Gasteiger partial charge in [0.2, 0.25) is 10.0 Å². The number of carbonyl (C=O) groups is 1. The second-order valence-corrected chi connectivity index (χ2v) is 11.5. The lowest BCUT2D eigenvalue weighted by Crippen LogP contribution is -2.41. The Bertz CT molecular complexity index is 1330. The normalized spacial score (nSPS) is 18.6. The molecule has 1 atom stereocenters. The summed E-state index contributed by atoms with van der Waals surface area (Å²) in [6, 6.07) is 11.3. The summed E-state index contributed by atoms with van der Waals surface area (Å²) in [6.07, 6.45) is 4.04. The van der Waals surface area contributed by atoms with Crippen molar-refractivity contribution in [2.75, 3.05) is 30.7 Å². The van der Waals surface area contributed by atoms with Crippen LogP contribution in [0.2, 0.25) is 0 Å². The van der Waals surface area contributed by atoms with Crippen molar-refractivity contribution in [3.8, 4) is 5.69 Å². The van der Waals surface area contributed by atoms with Crippen LogP contribution in [0.25, 0.3) is 16.6 Å². The van der Waals surface area contributed by atoms with E-state index >= 15 is 0 Å². The first-order valence-electron chi connectivity index (χ1n) is 11.0. The number of hydrogen-bond acceptors (Lipinski definition) is 5. The first-order valence-corrected chi connectivity index (χ1v) is 13.7. The van der Waals surface area contributed by atoms with E-state index in [1.807, 2.05) is 36.4 Å². The molecule has 1 aromatic heterocycles. The van der Waals surface area contributed by atoms with Crippen LogP contribution in [0.4, 0.5) is 5.69 Å². The van der Waals surface area contributed by atoms with E-state index in [0.29, 0.717) is 23.4 Å². The maximum absolute atomic E-state index is 12.9. The van der Waals surface area contributed by atoms with E-state index < -0.39 is 10.0 Å². The zero-order chi connectivity index (χ0) is 23.3. The van der Waals surface area contributed by atoms with Crippen molar-refractivity contribution in [1.29, 1.82) is 0 Å². The molecule has 10 heteroatoms. The Morgan fingerprint density at radius 3 is 2.52 bits per heavy atom. The highest BCUT2D eigenvalue weighted by molar-refractivity contribution is 9.10. The van der Waals surface area contributed by atoms with Gasteiger partial charge >= 0.3 is 0 Å². The second-order valence-electron chi connectivity index (χ2n) is 8.72. The molecular formula is C23H26BrN5O3S. The minimum Gasteiger partial charge on any atom is -0.354 e. The van der Waals surface area contributed by atoms with E-state index in [2.05, 4.69) is 26.6 Å². The number of fused-ring (bicyclic) bond motifs is 1. The van der Waals surface area contributed by atoms with Gasteiger partial charge in [-0.2, -0.15) is 5.10 Å². The van der Waals surface area contributed by atoms with Gasteiger partial charge in [0.05, 0.1) is 29.2 Å². The Kier molecular flexibility index (Phi) is 5.70. The van der Waals surface area contributed by atoms with Gasteiger partial charge in [0, 0.05) is 23.5 Å². The lowest BCUT2D eigenvalue weighted by molar-refractivity contribution is 0.0957. The van der Waals surface area contributed by atoms with Crippen LogP contribution in [0.3, 0.4) is 0 Å². The molecule has 0 radical (unpaired) electrons. The highest BCUT2D eigenvalue weighted by Crippen LogP contribution is 2.47. The quantitative estimate of drug-likeness (QED) is 0.509. The van der Waals surface area contributed by atoms with Crippen molar-refractivity contribution in [3.63, 3.8) is 0 Å². The molecule has 5 rings (SSSR count). The van der Waals surface area contributed by atoms with E-state index in [9.17, 15) is 13.2 Å². The van der Waals surface area contributed by atoms with Crippen LogP contribution in [0, 0.1) is 0 Å². The average molecular weight is 532 g/mol.